The van der Waals surface area contributed by atoms with Crippen molar-refractivity contribution >= 4 is 18.9 Å². The Hall–Kier alpha value is -0.00260. The van der Waals surface area contributed by atoms with Crippen molar-refractivity contribution in [2.24, 2.45) is 5.34 Å². The van der Waals surface area contributed by atoms with Crippen molar-refractivity contribution in [2.75, 3.05) is 0 Å². The Morgan fingerprint density at radius 3 is 1.75 bits per heavy atom. The monoisotopic (exact) mass is 55.0 g/mol. The Morgan fingerprint density at radius 2 is 1.75 bits per heavy atom. The van der Waals surface area contributed by atoms with Gasteiger partial charge in [0.2, 0.25) is 0 Å². The molecule has 4 heavy (non-hydrogen) atoms. The molecule has 0 aliphatic heterocycles. The first-order valence-electron chi connectivity index (χ1n) is 0.383. The molecule has 0 spiro atoms. The normalized spacial score (nSPS) is 3.00. The van der Waals surface area contributed by atoms with Gasteiger partial charge in [-0.2, -0.15) is 0 Å². The van der Waals surface area contributed by atoms with Crippen LogP contribution in [0.2, 0.25) is 0 Å². The Balaban J connectivity index is 0. The Morgan fingerprint density at radius 1 is 1.75 bits per heavy atom. The molecule has 0 aromatic rings. The van der Waals surface area contributed by atoms with Crippen LogP contribution in [0.4, 0.5) is 0 Å². The molecule has 20 valence electrons. The van der Waals surface area contributed by atoms with Gasteiger partial charge in [0.15, 0.2) is 5.34 Å². The summed E-state index contributed by atoms with van der Waals surface area (Å²) >= 11 is 0. The van der Waals surface area contributed by atoms with Gasteiger partial charge in [-0.25, -0.2) is 0 Å². The third-order valence-corrected chi connectivity index (χ3v) is 0. The quantitative estimate of drug-likeness (QED) is 0.230. The molecule has 0 atom stereocenters. The maximum atomic E-state index is 8.11. The van der Waals surface area contributed by atoms with Crippen molar-refractivity contribution in [3.63, 3.8) is 0 Å². The third kappa shape index (κ3) is 295000. The van der Waals surface area contributed by atoms with Crippen molar-refractivity contribution in [1.29, 1.82) is 0 Å². The predicted molar refractivity (Wildman–Crippen MR) is 14.7 cm³/mol. The van der Waals surface area contributed by atoms with Crippen molar-refractivity contribution in [3.05, 3.63) is 4.91 Å². The second-order valence-electron chi connectivity index (χ2n) is 0.0816. The summed E-state index contributed by atoms with van der Waals surface area (Å²) in [6, 6.07) is 0. The fourth-order valence-corrected chi connectivity index (χ4v) is 0. The van der Waals surface area contributed by atoms with E-state index >= 15 is 0 Å². The first kappa shape index (κ1) is 9.00. The molecule has 0 radical (unpaired) electrons. The van der Waals surface area contributed by atoms with Gasteiger partial charge in [0.25, 0.3) is 0 Å². The van der Waals surface area contributed by atoms with Gasteiger partial charge in [0.1, 0.15) is 0 Å². The fraction of sp³-hybridized carbons (Fsp3) is 0. The summed E-state index contributed by atoms with van der Waals surface area (Å²) < 4.78 is 0. The van der Waals surface area contributed by atoms with Crippen molar-refractivity contribution < 1.29 is 5.21 Å². The van der Waals surface area contributed by atoms with Crippen LogP contribution in [-0.4, -0.2) is 24.1 Å². The summed E-state index contributed by atoms with van der Waals surface area (Å²) in [6.45, 7) is 0. The second kappa shape index (κ2) is 12.0. The molecule has 0 saturated carbocycles. The van der Waals surface area contributed by atoms with Crippen molar-refractivity contribution in [2.45, 2.75) is 0 Å². The molecule has 3 nitrogen and oxygen atoms in total. The zero-order valence-corrected chi connectivity index (χ0v) is 1.30. The Bertz CT molecular complexity index is 13.5. The topological polar surface area (TPSA) is 49.7 Å². The molecule has 0 rings (SSSR count). The van der Waals surface area contributed by atoms with Gasteiger partial charge in [0.05, 0.1) is 0 Å². The van der Waals surface area contributed by atoms with E-state index in [9.17, 15) is 0 Å². The Kier molecular flexibility index (Phi) is 27.1. The molecule has 0 aromatic heterocycles. The molecule has 0 unspecified atom stereocenters. The minimum absolute atomic E-state index is 0. The summed E-state index contributed by atoms with van der Waals surface area (Å²) in [6.07, 6.45) is 0. The second-order valence-corrected chi connectivity index (χ2v) is 0.0816. The van der Waals surface area contributed by atoms with Crippen LogP contribution in [0, 0.1) is 4.91 Å². The SMILES string of the molecule is O=NO.[LiH]. The standard InChI is InChI=1S/Li.HNO2.H/c;2-1-3;/h;(H,2,3);. The van der Waals surface area contributed by atoms with Crippen LogP contribution in [0.25, 0.3) is 0 Å². The van der Waals surface area contributed by atoms with E-state index in [4.69, 9.17) is 10.1 Å². The molecule has 0 aromatic carbocycles. The first-order chi connectivity index (χ1) is 1.41. The van der Waals surface area contributed by atoms with Gasteiger partial charge in [-0.05, 0) is 0 Å². The Labute approximate surface area is 35.1 Å². The summed E-state index contributed by atoms with van der Waals surface area (Å²) in [5, 5.41) is 7.89. The van der Waals surface area contributed by atoms with Crippen LogP contribution < -0.4 is 0 Å². The van der Waals surface area contributed by atoms with Gasteiger partial charge in [-0.3, -0.25) is 0 Å². The number of hydrogen-bond donors (Lipinski definition) is 1. The molecular formula is H2LiNO2. The number of nitrogens with zero attached hydrogens (tertiary/aromatic N) is 1. The van der Waals surface area contributed by atoms with E-state index in [1.54, 1.807) is 0 Å². The van der Waals surface area contributed by atoms with Gasteiger partial charge in [0, 0.05) is 0 Å². The molecule has 0 fully saturated rings. The predicted octanol–water partition coefficient (Wildman–Crippen LogP) is -0.506. The molecule has 0 aliphatic rings. The maximum absolute atomic E-state index is 8.11. The van der Waals surface area contributed by atoms with E-state index in [2.05, 4.69) is 0 Å². The van der Waals surface area contributed by atoms with Crippen molar-refractivity contribution in [3.8, 4) is 0 Å². The van der Waals surface area contributed by atoms with Gasteiger partial charge in [-0.1, -0.05) is 0 Å². The van der Waals surface area contributed by atoms with Crippen LogP contribution in [0.5, 0.6) is 0 Å². The van der Waals surface area contributed by atoms with Crippen LogP contribution in [-0.2, 0) is 0 Å². The van der Waals surface area contributed by atoms with Gasteiger partial charge < -0.3 is 5.21 Å². The third-order valence-electron chi connectivity index (χ3n) is 0. The van der Waals surface area contributed by atoms with E-state index in [0.717, 1.165) is 0 Å². The molecular weight excluding hydrogens is 52.9 g/mol. The summed E-state index contributed by atoms with van der Waals surface area (Å²) in [4.78, 5) is 8.11. The van der Waals surface area contributed by atoms with E-state index in [1.165, 1.54) is 5.34 Å². The van der Waals surface area contributed by atoms with Gasteiger partial charge >= 0.3 is 18.9 Å². The van der Waals surface area contributed by atoms with Crippen LogP contribution in [0.1, 0.15) is 0 Å². The summed E-state index contributed by atoms with van der Waals surface area (Å²) in [7, 11) is 0. The van der Waals surface area contributed by atoms with Crippen molar-refractivity contribution in [1.82, 2.24) is 0 Å². The van der Waals surface area contributed by atoms with Crippen LogP contribution in [0.15, 0.2) is 5.34 Å². The summed E-state index contributed by atoms with van der Waals surface area (Å²) in [5.41, 5.74) is 0. The molecule has 0 amide bonds. The van der Waals surface area contributed by atoms with Crippen LogP contribution in [0.3, 0.4) is 0 Å². The van der Waals surface area contributed by atoms with E-state index in [0.29, 0.717) is 0 Å². The number of hydrogen-bond acceptors (Lipinski definition) is 2. The average molecular weight is 55.0 g/mol. The van der Waals surface area contributed by atoms with Crippen LogP contribution >= 0.6 is 0 Å². The van der Waals surface area contributed by atoms with Gasteiger partial charge in [-0.15, -0.1) is 4.91 Å². The average Bonchev–Trinajstić information content (AvgIpc) is 0.918. The molecule has 1 N–H and O–H groups in total. The zero-order valence-electron chi connectivity index (χ0n) is 1.30. The molecule has 0 aliphatic carbocycles. The van der Waals surface area contributed by atoms with E-state index < -0.39 is 0 Å². The molecule has 0 bridgehead atoms. The molecule has 0 saturated heterocycles. The first-order valence-corrected chi connectivity index (χ1v) is 0.383. The zero-order chi connectivity index (χ0) is 2.71. The number of rotatable bonds is 0. The molecule has 4 heteroatoms. The fourth-order valence-electron chi connectivity index (χ4n) is 0. The minimum atomic E-state index is 0. The summed E-state index contributed by atoms with van der Waals surface area (Å²) in [5.74, 6) is 0. The molecule has 0 heterocycles. The van der Waals surface area contributed by atoms with E-state index in [-0.39, 0.29) is 18.9 Å². The van der Waals surface area contributed by atoms with E-state index in [1.807, 2.05) is 0 Å².